The number of carbonyl (C=O) groups is 1. The molecule has 0 saturated carbocycles. The van der Waals surface area contributed by atoms with Gasteiger partial charge in [0.25, 0.3) is 0 Å². The molecule has 10 nitrogen and oxygen atoms in total. The molecule has 3 atom stereocenters. The van der Waals surface area contributed by atoms with Crippen molar-refractivity contribution < 1.29 is 28.2 Å². The van der Waals surface area contributed by atoms with E-state index < -0.39 is 28.4 Å². The summed E-state index contributed by atoms with van der Waals surface area (Å²) in [4.78, 5) is 24.1. The van der Waals surface area contributed by atoms with Crippen LogP contribution in [0.4, 0.5) is 4.79 Å². The molecule has 2 amide bonds. The summed E-state index contributed by atoms with van der Waals surface area (Å²) in [5.74, 6) is 1.22. The second-order valence-electron chi connectivity index (χ2n) is 18.5. The van der Waals surface area contributed by atoms with Gasteiger partial charge in [0.15, 0.2) is 16.6 Å². The highest BCUT2D eigenvalue weighted by molar-refractivity contribution is 6.74. The molecule has 2 saturated heterocycles. The summed E-state index contributed by atoms with van der Waals surface area (Å²) in [6.45, 7) is 24.0. The van der Waals surface area contributed by atoms with Crippen molar-refractivity contribution in [3.63, 3.8) is 0 Å². The number of aliphatic imine (C=N–C) groups is 1. The maximum atomic E-state index is 14.5. The van der Waals surface area contributed by atoms with Crippen LogP contribution in [-0.4, -0.2) is 95.5 Å². The zero-order valence-corrected chi connectivity index (χ0v) is 38.3. The lowest BCUT2D eigenvalue weighted by atomic mass is 9.77. The predicted octanol–water partition coefficient (Wildman–Crippen LogP) is 9.32. The molecular formula is C45H68N4O6Si2. The molecule has 0 aliphatic carbocycles. The van der Waals surface area contributed by atoms with Gasteiger partial charge >= 0.3 is 6.03 Å². The first-order chi connectivity index (χ1) is 26.8. The minimum atomic E-state index is -2.20. The number of aliphatic hydroxyl groups excluding tert-OH is 1. The quantitative estimate of drug-likeness (QED) is 0.0844. The van der Waals surface area contributed by atoms with Gasteiger partial charge in [-0.1, -0.05) is 114 Å². The number of hydrogen-bond donors (Lipinski definition) is 2. The minimum absolute atomic E-state index is 0.00302. The Kier molecular flexibility index (Phi) is 14.2. The van der Waals surface area contributed by atoms with Crippen molar-refractivity contribution in [3.05, 3.63) is 102 Å². The number of aliphatic hydroxyl groups is 1. The highest BCUT2D eigenvalue weighted by atomic mass is 28.4. The molecule has 2 aliphatic heterocycles. The van der Waals surface area contributed by atoms with Crippen molar-refractivity contribution >= 4 is 28.6 Å². The standard InChI is InChI=1S/C45H68N4O6Si2/c1-43(2,3)56(8,9)53-32-39-38(55-57(10,11)44(4,5)6)31-40(54-39)49-33-48(29-19-14-20-30-50)41(46-42(49)51)47-45(34-21-15-12-16-22-34,35-23-17-13-18-24-35)36-25-27-37(52-7)28-26-36/h12-13,15-18,21-28,38-40,50H,14,19-20,29-33H2,1-11H3,(H,46,47,51)/t38-,39+,40+/m0/s1. The van der Waals surface area contributed by atoms with Crippen LogP contribution < -0.4 is 10.1 Å². The third-order valence-electron chi connectivity index (χ3n) is 12.5. The van der Waals surface area contributed by atoms with Crippen LogP contribution in [-0.2, 0) is 19.1 Å². The van der Waals surface area contributed by atoms with Crippen LogP contribution in [0.15, 0.2) is 89.9 Å². The summed E-state index contributed by atoms with van der Waals surface area (Å²) in [7, 11) is -2.63. The Hall–Kier alpha value is -3.53. The first-order valence-electron chi connectivity index (χ1n) is 20.6. The average Bonchev–Trinajstić information content (AvgIpc) is 3.56. The fourth-order valence-corrected chi connectivity index (χ4v) is 9.29. The SMILES string of the molecule is COc1ccc(C(N=C2NC(=O)N([C@H]3C[C@H](O[Si](C)(C)C(C)(C)C)[C@@H](CO[Si](C)(C)C(C)(C)C)O3)CN2CCCCCO)(c2ccccc2)c2ccccc2)cc1. The molecule has 3 aromatic carbocycles. The third kappa shape index (κ3) is 10.2. The van der Waals surface area contributed by atoms with Crippen molar-refractivity contribution in [3.8, 4) is 5.75 Å². The maximum absolute atomic E-state index is 14.5. The number of ether oxygens (including phenoxy) is 2. The summed E-state index contributed by atoms with van der Waals surface area (Å²) < 4.78 is 26.2. The van der Waals surface area contributed by atoms with Gasteiger partial charge < -0.3 is 28.3 Å². The zero-order chi connectivity index (χ0) is 41.6. The lowest BCUT2D eigenvalue weighted by Gasteiger charge is -2.42. The number of amides is 2. The van der Waals surface area contributed by atoms with Crippen LogP contribution in [0.2, 0.25) is 36.3 Å². The largest absolute Gasteiger partial charge is 0.497 e. The van der Waals surface area contributed by atoms with E-state index in [-0.39, 0.29) is 41.6 Å². The van der Waals surface area contributed by atoms with Crippen molar-refractivity contribution in [1.82, 2.24) is 15.1 Å². The van der Waals surface area contributed by atoms with Crippen molar-refractivity contribution in [2.24, 2.45) is 4.99 Å². The molecule has 57 heavy (non-hydrogen) atoms. The number of guanidine groups is 1. The van der Waals surface area contributed by atoms with Crippen LogP contribution in [0.1, 0.15) is 83.9 Å². The molecular weight excluding hydrogens is 749 g/mol. The monoisotopic (exact) mass is 816 g/mol. The summed E-state index contributed by atoms with van der Waals surface area (Å²) in [5, 5.41) is 12.9. The average molecular weight is 817 g/mol. The number of unbranched alkanes of at least 4 members (excludes halogenated alkanes) is 2. The molecule has 0 unspecified atom stereocenters. The van der Waals surface area contributed by atoms with Gasteiger partial charge in [-0.05, 0) is 84.4 Å². The van der Waals surface area contributed by atoms with Crippen LogP contribution in [0.25, 0.3) is 0 Å². The van der Waals surface area contributed by atoms with Gasteiger partial charge in [-0.15, -0.1) is 0 Å². The molecule has 2 heterocycles. The van der Waals surface area contributed by atoms with E-state index in [4.69, 9.17) is 23.3 Å². The van der Waals surface area contributed by atoms with Crippen LogP contribution >= 0.6 is 0 Å². The fourth-order valence-electron chi connectivity index (χ4n) is 6.92. The lowest BCUT2D eigenvalue weighted by Crippen LogP contribution is -2.63. The van der Waals surface area contributed by atoms with E-state index in [0.717, 1.165) is 35.3 Å². The number of carbonyl (C=O) groups excluding carboxylic acids is 1. The first kappa shape index (κ1) is 44.6. The maximum Gasteiger partial charge on any atom is 0.327 e. The summed E-state index contributed by atoms with van der Waals surface area (Å²) in [6, 6.07) is 28.2. The Bertz CT molecular complexity index is 1740. The molecule has 3 aromatic rings. The molecule has 5 rings (SSSR count). The van der Waals surface area contributed by atoms with Crippen LogP contribution in [0, 0.1) is 0 Å². The molecule has 2 N–H and O–H groups in total. The van der Waals surface area contributed by atoms with Crippen LogP contribution in [0.3, 0.4) is 0 Å². The van der Waals surface area contributed by atoms with Gasteiger partial charge in [0.1, 0.15) is 30.3 Å². The van der Waals surface area contributed by atoms with E-state index in [1.807, 2.05) is 60.7 Å². The van der Waals surface area contributed by atoms with Crippen molar-refractivity contribution in [1.29, 1.82) is 0 Å². The molecule has 0 radical (unpaired) electrons. The normalized spacial score (nSPS) is 20.6. The number of benzene rings is 3. The molecule has 0 bridgehead atoms. The summed E-state index contributed by atoms with van der Waals surface area (Å²) in [5.41, 5.74) is 1.83. The Morgan fingerprint density at radius 3 is 1.89 bits per heavy atom. The minimum Gasteiger partial charge on any atom is -0.497 e. The second kappa shape index (κ2) is 18.2. The van der Waals surface area contributed by atoms with Crippen LogP contribution in [0.5, 0.6) is 5.75 Å². The summed E-state index contributed by atoms with van der Waals surface area (Å²) in [6.07, 6.45) is 1.82. The fraction of sp³-hybridized carbons (Fsp3) is 0.556. The Balaban J connectivity index is 1.55. The molecule has 2 aliphatic rings. The Labute approximate surface area is 344 Å². The Morgan fingerprint density at radius 2 is 1.37 bits per heavy atom. The van der Waals surface area contributed by atoms with Gasteiger partial charge in [0, 0.05) is 19.6 Å². The molecule has 312 valence electrons. The first-order valence-corrected chi connectivity index (χ1v) is 26.4. The van der Waals surface area contributed by atoms with Crippen molar-refractivity contribution in [2.75, 3.05) is 33.5 Å². The van der Waals surface area contributed by atoms with E-state index in [2.05, 4.69) is 102 Å². The highest BCUT2D eigenvalue weighted by Gasteiger charge is 2.49. The van der Waals surface area contributed by atoms with Gasteiger partial charge in [-0.25, -0.2) is 9.79 Å². The van der Waals surface area contributed by atoms with E-state index in [1.54, 1.807) is 12.0 Å². The van der Waals surface area contributed by atoms with Crippen molar-refractivity contribution in [2.45, 2.75) is 127 Å². The smallest absolute Gasteiger partial charge is 0.327 e. The number of hydrogen-bond acceptors (Lipinski definition) is 7. The van der Waals surface area contributed by atoms with Gasteiger partial charge in [0.2, 0.25) is 5.96 Å². The van der Waals surface area contributed by atoms with E-state index >= 15 is 0 Å². The summed E-state index contributed by atoms with van der Waals surface area (Å²) >= 11 is 0. The zero-order valence-electron chi connectivity index (χ0n) is 36.3. The van der Waals surface area contributed by atoms with E-state index in [1.165, 1.54) is 0 Å². The molecule has 0 aromatic heterocycles. The van der Waals surface area contributed by atoms with E-state index in [9.17, 15) is 9.90 Å². The second-order valence-corrected chi connectivity index (χ2v) is 28.1. The highest BCUT2D eigenvalue weighted by Crippen LogP contribution is 2.44. The van der Waals surface area contributed by atoms with E-state index in [0.29, 0.717) is 32.0 Å². The van der Waals surface area contributed by atoms with Gasteiger partial charge in [-0.2, -0.15) is 0 Å². The molecule has 0 spiro atoms. The number of nitrogens with one attached hydrogen (secondary N) is 1. The molecule has 12 heteroatoms. The third-order valence-corrected chi connectivity index (χ3v) is 21.6. The number of nitrogens with zero attached hydrogens (tertiary/aromatic N) is 3. The lowest BCUT2D eigenvalue weighted by molar-refractivity contribution is -0.0701. The topological polar surface area (TPSA) is 105 Å². The predicted molar refractivity (Wildman–Crippen MR) is 235 cm³/mol. The number of methoxy groups -OCH3 is 1. The Morgan fingerprint density at radius 1 is 0.807 bits per heavy atom. The number of rotatable bonds is 16. The molecule has 2 fully saturated rings. The number of urea groups is 1. The van der Waals surface area contributed by atoms with Gasteiger partial charge in [0.05, 0.1) is 19.8 Å². The van der Waals surface area contributed by atoms with Gasteiger partial charge in [-0.3, -0.25) is 10.2 Å².